The molecule has 0 aromatic rings. The van der Waals surface area contributed by atoms with Crippen LogP contribution in [0.5, 0.6) is 0 Å². The van der Waals surface area contributed by atoms with Gasteiger partial charge in [-0.3, -0.25) is 0 Å². The van der Waals surface area contributed by atoms with Gasteiger partial charge in [-0.05, 0) is 18.8 Å². The highest BCUT2D eigenvalue weighted by molar-refractivity contribution is 5.64. The number of hydrogen-bond donors (Lipinski definition) is 2. The van der Waals surface area contributed by atoms with E-state index in [-0.39, 0.29) is 0 Å². The zero-order valence-electron chi connectivity index (χ0n) is 8.79. The molecule has 0 aliphatic heterocycles. The number of ether oxygens (including phenoxy) is 1. The molecule has 14 heavy (non-hydrogen) atoms. The minimum absolute atomic E-state index is 0.375. The second-order valence-electron chi connectivity index (χ2n) is 4.09. The van der Waals surface area contributed by atoms with Gasteiger partial charge < -0.3 is 15.8 Å². The second kappa shape index (κ2) is 5.86. The molecule has 0 saturated heterocycles. The quantitative estimate of drug-likeness (QED) is 0.671. The fourth-order valence-electron chi connectivity index (χ4n) is 2.03. The summed E-state index contributed by atoms with van der Waals surface area (Å²) < 4.78 is 4.64. The second-order valence-corrected chi connectivity index (χ2v) is 4.09. The van der Waals surface area contributed by atoms with E-state index in [4.69, 9.17) is 5.73 Å². The van der Waals surface area contributed by atoms with Crippen molar-refractivity contribution in [3.8, 4) is 0 Å². The molecule has 0 bridgehead atoms. The SMILES string of the molecule is CC1CCCC(NCCOC(N)=O)C1. The van der Waals surface area contributed by atoms with Crippen LogP contribution in [-0.2, 0) is 4.74 Å². The highest BCUT2D eigenvalue weighted by atomic mass is 16.5. The van der Waals surface area contributed by atoms with Gasteiger partial charge in [-0.1, -0.05) is 19.8 Å². The van der Waals surface area contributed by atoms with Crippen LogP contribution in [-0.4, -0.2) is 25.3 Å². The number of hydrogen-bond acceptors (Lipinski definition) is 3. The van der Waals surface area contributed by atoms with Gasteiger partial charge in [0.25, 0.3) is 0 Å². The van der Waals surface area contributed by atoms with Gasteiger partial charge in [0.2, 0.25) is 0 Å². The zero-order valence-corrected chi connectivity index (χ0v) is 8.79. The molecule has 1 amide bonds. The predicted octanol–water partition coefficient (Wildman–Crippen LogP) is 1.25. The van der Waals surface area contributed by atoms with Crippen LogP contribution in [0.1, 0.15) is 32.6 Å². The molecule has 82 valence electrons. The molecule has 2 atom stereocenters. The monoisotopic (exact) mass is 200 g/mol. The molecule has 0 heterocycles. The number of amides is 1. The maximum atomic E-state index is 10.3. The van der Waals surface area contributed by atoms with Crippen molar-refractivity contribution in [1.29, 1.82) is 0 Å². The summed E-state index contributed by atoms with van der Waals surface area (Å²) in [5, 5.41) is 3.37. The van der Waals surface area contributed by atoms with Gasteiger partial charge in [-0.25, -0.2) is 4.79 Å². The molecule has 4 heteroatoms. The van der Waals surface area contributed by atoms with Crippen LogP contribution in [0.15, 0.2) is 0 Å². The lowest BCUT2D eigenvalue weighted by molar-refractivity contribution is 0.154. The van der Waals surface area contributed by atoms with Crippen LogP contribution in [0.2, 0.25) is 0 Å². The number of carbonyl (C=O) groups is 1. The number of nitrogens with one attached hydrogen (secondary N) is 1. The van der Waals surface area contributed by atoms with E-state index in [2.05, 4.69) is 17.0 Å². The van der Waals surface area contributed by atoms with Crippen LogP contribution in [0.3, 0.4) is 0 Å². The largest absolute Gasteiger partial charge is 0.448 e. The Bertz CT molecular complexity index is 185. The lowest BCUT2D eigenvalue weighted by Crippen LogP contribution is -2.36. The molecule has 0 aromatic heterocycles. The molecule has 1 aliphatic rings. The summed E-state index contributed by atoms with van der Waals surface area (Å²) in [4.78, 5) is 10.3. The van der Waals surface area contributed by atoms with Crippen molar-refractivity contribution >= 4 is 6.09 Å². The Kier molecular flexibility index (Phi) is 4.73. The summed E-state index contributed by atoms with van der Waals surface area (Å²) in [5.41, 5.74) is 4.84. The van der Waals surface area contributed by atoms with Gasteiger partial charge in [-0.2, -0.15) is 0 Å². The van der Waals surface area contributed by atoms with E-state index in [1.807, 2.05) is 0 Å². The molecule has 1 saturated carbocycles. The minimum atomic E-state index is -0.691. The predicted molar refractivity (Wildman–Crippen MR) is 55.0 cm³/mol. The van der Waals surface area contributed by atoms with Crippen molar-refractivity contribution in [1.82, 2.24) is 5.32 Å². The molecule has 1 fully saturated rings. The Hall–Kier alpha value is -0.770. The van der Waals surface area contributed by atoms with E-state index < -0.39 is 6.09 Å². The lowest BCUT2D eigenvalue weighted by atomic mass is 9.87. The molecule has 1 aliphatic carbocycles. The van der Waals surface area contributed by atoms with Gasteiger partial charge in [-0.15, -0.1) is 0 Å². The summed E-state index contributed by atoms with van der Waals surface area (Å²) in [6.07, 6.45) is 4.42. The van der Waals surface area contributed by atoms with E-state index in [1.54, 1.807) is 0 Å². The molecule has 0 spiro atoms. The number of nitrogens with two attached hydrogens (primary N) is 1. The van der Waals surface area contributed by atoms with Crippen LogP contribution in [0.4, 0.5) is 4.79 Å². The first kappa shape index (κ1) is 11.3. The third-order valence-electron chi connectivity index (χ3n) is 2.72. The summed E-state index contributed by atoms with van der Waals surface area (Å²) in [5.74, 6) is 0.818. The van der Waals surface area contributed by atoms with Crippen molar-refractivity contribution in [2.24, 2.45) is 11.7 Å². The third kappa shape index (κ3) is 4.46. The van der Waals surface area contributed by atoms with E-state index in [0.29, 0.717) is 19.2 Å². The topological polar surface area (TPSA) is 64.3 Å². The van der Waals surface area contributed by atoms with Crippen LogP contribution in [0.25, 0.3) is 0 Å². The lowest BCUT2D eigenvalue weighted by Gasteiger charge is -2.27. The Labute approximate surface area is 85.2 Å². The van der Waals surface area contributed by atoms with Crippen molar-refractivity contribution < 1.29 is 9.53 Å². The van der Waals surface area contributed by atoms with E-state index in [0.717, 1.165) is 5.92 Å². The first-order valence-electron chi connectivity index (χ1n) is 5.34. The molecule has 3 N–H and O–H groups in total. The van der Waals surface area contributed by atoms with Gasteiger partial charge >= 0.3 is 6.09 Å². The molecule has 4 nitrogen and oxygen atoms in total. The van der Waals surface area contributed by atoms with E-state index in [1.165, 1.54) is 25.7 Å². The van der Waals surface area contributed by atoms with Gasteiger partial charge in [0.05, 0.1) is 0 Å². The van der Waals surface area contributed by atoms with E-state index in [9.17, 15) is 4.79 Å². The van der Waals surface area contributed by atoms with Crippen molar-refractivity contribution in [2.45, 2.75) is 38.6 Å². The first-order chi connectivity index (χ1) is 6.68. The third-order valence-corrected chi connectivity index (χ3v) is 2.72. The first-order valence-corrected chi connectivity index (χ1v) is 5.34. The smallest absolute Gasteiger partial charge is 0.404 e. The molecule has 0 radical (unpaired) electrons. The number of primary amides is 1. The van der Waals surface area contributed by atoms with Crippen LogP contribution in [0, 0.1) is 5.92 Å². The Balaban J connectivity index is 2.03. The number of rotatable bonds is 4. The summed E-state index contributed by atoms with van der Waals surface area (Å²) in [6.45, 7) is 3.37. The van der Waals surface area contributed by atoms with Crippen molar-refractivity contribution in [3.05, 3.63) is 0 Å². The Morgan fingerprint density at radius 1 is 1.57 bits per heavy atom. The van der Waals surface area contributed by atoms with Crippen molar-refractivity contribution in [2.75, 3.05) is 13.2 Å². The van der Waals surface area contributed by atoms with Crippen molar-refractivity contribution in [3.63, 3.8) is 0 Å². The zero-order chi connectivity index (χ0) is 10.4. The molecule has 2 unspecified atom stereocenters. The average molecular weight is 200 g/mol. The highest BCUT2D eigenvalue weighted by Crippen LogP contribution is 2.23. The molecular formula is C10H20N2O2. The molecule has 0 aromatic carbocycles. The highest BCUT2D eigenvalue weighted by Gasteiger charge is 2.17. The number of carbonyl (C=O) groups excluding carboxylic acids is 1. The summed E-state index contributed by atoms with van der Waals surface area (Å²) >= 11 is 0. The van der Waals surface area contributed by atoms with Crippen LogP contribution < -0.4 is 11.1 Å². The minimum Gasteiger partial charge on any atom is -0.448 e. The molecule has 1 rings (SSSR count). The maximum absolute atomic E-state index is 10.3. The fraction of sp³-hybridized carbons (Fsp3) is 0.900. The molecular weight excluding hydrogens is 180 g/mol. The normalized spacial score (nSPS) is 27.2. The summed E-state index contributed by atoms with van der Waals surface area (Å²) in [6, 6.07) is 0.593. The maximum Gasteiger partial charge on any atom is 0.404 e. The fourth-order valence-corrected chi connectivity index (χ4v) is 2.03. The standard InChI is InChI=1S/C10H20N2O2/c1-8-3-2-4-9(7-8)12-5-6-14-10(11)13/h8-9,12H,2-7H2,1H3,(H2,11,13). The van der Waals surface area contributed by atoms with Crippen LogP contribution >= 0.6 is 0 Å². The Morgan fingerprint density at radius 3 is 3.00 bits per heavy atom. The van der Waals surface area contributed by atoms with Gasteiger partial charge in [0, 0.05) is 12.6 Å². The Morgan fingerprint density at radius 2 is 2.36 bits per heavy atom. The average Bonchev–Trinajstić information content (AvgIpc) is 2.12. The van der Waals surface area contributed by atoms with E-state index >= 15 is 0 Å². The summed E-state index contributed by atoms with van der Waals surface area (Å²) in [7, 11) is 0. The van der Waals surface area contributed by atoms with Gasteiger partial charge in [0.1, 0.15) is 6.61 Å². The van der Waals surface area contributed by atoms with Gasteiger partial charge in [0.15, 0.2) is 0 Å².